The molecule has 0 saturated carbocycles. The summed E-state index contributed by atoms with van der Waals surface area (Å²) in [6.45, 7) is 6.38. The van der Waals surface area contributed by atoms with E-state index in [4.69, 9.17) is 5.11 Å². The molecule has 1 nitrogen and oxygen atoms in total. The van der Waals surface area contributed by atoms with Crippen LogP contribution in [0, 0.1) is 0 Å². The van der Waals surface area contributed by atoms with Crippen LogP contribution in [-0.2, 0) is 0 Å². The third-order valence-corrected chi connectivity index (χ3v) is 2.09. The molecule has 0 unspecified atom stereocenters. The van der Waals surface area contributed by atoms with Gasteiger partial charge in [-0.2, -0.15) is 11.8 Å². The number of hydrogen-bond acceptors (Lipinski definition) is 2. The van der Waals surface area contributed by atoms with E-state index in [-0.39, 0.29) is 6.61 Å². The van der Waals surface area contributed by atoms with Gasteiger partial charge in [-0.25, -0.2) is 0 Å². The van der Waals surface area contributed by atoms with Gasteiger partial charge in [0.05, 0.1) is 0 Å². The molecule has 0 atom stereocenters. The monoisotopic (exact) mass is 164 g/mol. The molecule has 0 aliphatic rings. The molecule has 0 aromatic carbocycles. The summed E-state index contributed by atoms with van der Waals surface area (Å²) >= 11 is 2.05. The van der Waals surface area contributed by atoms with Gasteiger partial charge in [-0.15, -0.1) is 0 Å². The standard InChI is InChI=1S/C6H14S.C2H6O/c1-3-5-7-6-4-2;1-2-3/h3-6H2,1-2H3;3H,2H2,1H3. The Morgan fingerprint density at radius 3 is 1.50 bits per heavy atom. The van der Waals surface area contributed by atoms with Crippen molar-refractivity contribution in [3.8, 4) is 0 Å². The molecule has 0 bridgehead atoms. The van der Waals surface area contributed by atoms with Crippen LogP contribution in [0.5, 0.6) is 0 Å². The van der Waals surface area contributed by atoms with E-state index < -0.39 is 0 Å². The fraction of sp³-hybridized carbons (Fsp3) is 1.00. The molecular weight excluding hydrogens is 144 g/mol. The molecule has 10 heavy (non-hydrogen) atoms. The van der Waals surface area contributed by atoms with Crippen molar-refractivity contribution < 1.29 is 5.11 Å². The third kappa shape index (κ3) is 23.9. The van der Waals surface area contributed by atoms with Gasteiger partial charge in [-0.05, 0) is 31.3 Å². The SMILES string of the molecule is CCCSCCC.CCO. The average Bonchev–Trinajstić information content (AvgIpc) is 1.91. The van der Waals surface area contributed by atoms with Crippen molar-refractivity contribution in [3.63, 3.8) is 0 Å². The number of thioether (sulfide) groups is 1. The van der Waals surface area contributed by atoms with Crippen LogP contribution < -0.4 is 0 Å². The first-order valence-corrected chi connectivity index (χ1v) is 5.17. The highest BCUT2D eigenvalue weighted by molar-refractivity contribution is 7.99. The largest absolute Gasteiger partial charge is 0.397 e. The highest BCUT2D eigenvalue weighted by atomic mass is 32.2. The van der Waals surface area contributed by atoms with Gasteiger partial charge >= 0.3 is 0 Å². The van der Waals surface area contributed by atoms with Gasteiger partial charge in [0.15, 0.2) is 0 Å². The normalized spacial score (nSPS) is 8.40. The van der Waals surface area contributed by atoms with Gasteiger partial charge in [0.25, 0.3) is 0 Å². The molecule has 2 heteroatoms. The van der Waals surface area contributed by atoms with Crippen LogP contribution in [-0.4, -0.2) is 23.2 Å². The summed E-state index contributed by atoms with van der Waals surface area (Å²) in [4.78, 5) is 0. The van der Waals surface area contributed by atoms with Crippen LogP contribution in [0.4, 0.5) is 0 Å². The molecule has 0 rings (SSSR count). The van der Waals surface area contributed by atoms with Crippen molar-refractivity contribution in [3.05, 3.63) is 0 Å². The van der Waals surface area contributed by atoms with Crippen molar-refractivity contribution >= 4 is 11.8 Å². The fourth-order valence-corrected chi connectivity index (χ4v) is 1.17. The summed E-state index contributed by atoms with van der Waals surface area (Å²) in [7, 11) is 0. The molecule has 0 spiro atoms. The molecule has 0 saturated heterocycles. The molecule has 0 aliphatic heterocycles. The van der Waals surface area contributed by atoms with Gasteiger partial charge in [-0.1, -0.05) is 13.8 Å². The lowest BCUT2D eigenvalue weighted by Gasteiger charge is -1.91. The number of aliphatic hydroxyl groups is 1. The first-order valence-electron chi connectivity index (χ1n) is 4.01. The maximum atomic E-state index is 7.57. The predicted molar refractivity (Wildman–Crippen MR) is 50.7 cm³/mol. The zero-order chi connectivity index (χ0) is 8.24. The summed E-state index contributed by atoms with van der Waals surface area (Å²) in [5.74, 6) is 2.68. The van der Waals surface area contributed by atoms with Gasteiger partial charge in [0, 0.05) is 6.61 Å². The minimum absolute atomic E-state index is 0.250. The first kappa shape index (κ1) is 12.9. The Bertz CT molecular complexity index is 36.2. The van der Waals surface area contributed by atoms with Crippen molar-refractivity contribution in [1.29, 1.82) is 0 Å². The molecule has 0 fully saturated rings. The van der Waals surface area contributed by atoms with Gasteiger partial charge in [-0.3, -0.25) is 0 Å². The second-order valence-corrected chi connectivity index (χ2v) is 3.15. The van der Waals surface area contributed by atoms with Crippen LogP contribution in [0.25, 0.3) is 0 Å². The molecule has 0 aromatic rings. The number of rotatable bonds is 4. The average molecular weight is 164 g/mol. The quantitative estimate of drug-likeness (QED) is 0.644. The molecule has 64 valence electrons. The Morgan fingerprint density at radius 1 is 1.00 bits per heavy atom. The zero-order valence-electron chi connectivity index (χ0n) is 7.39. The van der Waals surface area contributed by atoms with Gasteiger partial charge in [0.1, 0.15) is 0 Å². The summed E-state index contributed by atoms with van der Waals surface area (Å²) < 4.78 is 0. The van der Waals surface area contributed by atoms with E-state index in [1.807, 2.05) is 0 Å². The Hall–Kier alpha value is 0.310. The maximum Gasteiger partial charge on any atom is 0.0402 e. The lowest BCUT2D eigenvalue weighted by Crippen LogP contribution is -1.76. The maximum absolute atomic E-state index is 7.57. The zero-order valence-corrected chi connectivity index (χ0v) is 8.21. The highest BCUT2D eigenvalue weighted by Crippen LogP contribution is 2.02. The molecule has 0 aliphatic carbocycles. The molecule has 1 N–H and O–H groups in total. The fourth-order valence-electron chi connectivity index (χ4n) is 0.391. The smallest absolute Gasteiger partial charge is 0.0402 e. The van der Waals surface area contributed by atoms with Crippen LogP contribution >= 0.6 is 11.8 Å². The van der Waals surface area contributed by atoms with E-state index in [2.05, 4.69) is 25.6 Å². The Labute approximate surface area is 69.2 Å². The second-order valence-electron chi connectivity index (χ2n) is 1.93. The Kier molecular flexibility index (Phi) is 20.9. The third-order valence-electron chi connectivity index (χ3n) is 0.697. The topological polar surface area (TPSA) is 20.2 Å². The van der Waals surface area contributed by atoms with E-state index in [0.29, 0.717) is 0 Å². The lowest BCUT2D eigenvalue weighted by molar-refractivity contribution is 0.318. The van der Waals surface area contributed by atoms with E-state index in [9.17, 15) is 0 Å². The Balaban J connectivity index is 0. The number of aliphatic hydroxyl groups excluding tert-OH is 1. The highest BCUT2D eigenvalue weighted by Gasteiger charge is 1.79. The van der Waals surface area contributed by atoms with Crippen molar-refractivity contribution in [2.45, 2.75) is 33.6 Å². The van der Waals surface area contributed by atoms with E-state index in [0.717, 1.165) is 0 Å². The van der Waals surface area contributed by atoms with Crippen molar-refractivity contribution in [2.75, 3.05) is 18.1 Å². The van der Waals surface area contributed by atoms with Crippen LogP contribution in [0.2, 0.25) is 0 Å². The predicted octanol–water partition coefficient (Wildman–Crippen LogP) is 2.54. The minimum Gasteiger partial charge on any atom is -0.397 e. The van der Waals surface area contributed by atoms with Crippen LogP contribution in [0.1, 0.15) is 33.6 Å². The summed E-state index contributed by atoms with van der Waals surface area (Å²) in [6.07, 6.45) is 2.65. The van der Waals surface area contributed by atoms with Gasteiger partial charge in [0.2, 0.25) is 0 Å². The van der Waals surface area contributed by atoms with E-state index in [1.54, 1.807) is 6.92 Å². The van der Waals surface area contributed by atoms with Crippen molar-refractivity contribution in [1.82, 2.24) is 0 Å². The number of hydrogen-bond donors (Lipinski definition) is 1. The second kappa shape index (κ2) is 16.1. The van der Waals surface area contributed by atoms with Crippen LogP contribution in [0.15, 0.2) is 0 Å². The first-order chi connectivity index (χ1) is 4.83. The minimum atomic E-state index is 0.250. The summed E-state index contributed by atoms with van der Waals surface area (Å²) in [5.41, 5.74) is 0. The van der Waals surface area contributed by atoms with Crippen LogP contribution in [0.3, 0.4) is 0 Å². The molecular formula is C8H20OS. The lowest BCUT2D eigenvalue weighted by atomic mass is 10.6. The molecule has 0 amide bonds. The molecule has 0 heterocycles. The molecule has 0 radical (unpaired) electrons. The van der Waals surface area contributed by atoms with E-state index in [1.165, 1.54) is 24.3 Å². The summed E-state index contributed by atoms with van der Waals surface area (Å²) in [5, 5.41) is 7.57. The van der Waals surface area contributed by atoms with Crippen molar-refractivity contribution in [2.24, 2.45) is 0 Å². The van der Waals surface area contributed by atoms with Gasteiger partial charge < -0.3 is 5.11 Å². The Morgan fingerprint density at radius 2 is 1.30 bits per heavy atom. The molecule has 0 aromatic heterocycles. The summed E-state index contributed by atoms with van der Waals surface area (Å²) in [6, 6.07) is 0. The van der Waals surface area contributed by atoms with E-state index >= 15 is 0 Å².